The SMILES string of the molecule is O=C(Cc1sccc1O)NC1C(=O)N2C(C(=O)O)=C(CSc3n[nH]nc3C(=O)O)CSC12. The van der Waals surface area contributed by atoms with Gasteiger partial charge in [0.05, 0.1) is 11.3 Å². The Morgan fingerprint density at radius 1 is 1.28 bits per heavy atom. The van der Waals surface area contributed by atoms with Crippen LogP contribution in [-0.2, 0) is 20.8 Å². The zero-order valence-corrected chi connectivity index (χ0v) is 18.4. The smallest absolute Gasteiger partial charge is 0.359 e. The molecule has 5 N–H and O–H groups in total. The minimum absolute atomic E-state index is 0.00941. The van der Waals surface area contributed by atoms with E-state index < -0.39 is 35.2 Å². The van der Waals surface area contributed by atoms with Gasteiger partial charge in [0.15, 0.2) is 5.03 Å². The number of aromatic carboxylic acids is 1. The molecule has 0 saturated carbocycles. The first-order valence-corrected chi connectivity index (χ1v) is 11.9. The molecule has 0 bridgehead atoms. The molecule has 4 rings (SSSR count). The molecule has 2 aliphatic heterocycles. The van der Waals surface area contributed by atoms with Crippen molar-refractivity contribution in [2.45, 2.75) is 22.9 Å². The summed E-state index contributed by atoms with van der Waals surface area (Å²) in [5.41, 5.74) is -0.00821. The summed E-state index contributed by atoms with van der Waals surface area (Å²) in [6.07, 6.45) is -0.0855. The standard InChI is InChI=1S/C17H15N5O7S3/c23-7-1-2-30-8(7)3-9(24)18-11-14(25)22-12(17(28)29)6(5-32-15(11)22)4-31-13-10(16(26)27)19-21-20-13/h1-2,11,15,23H,3-5H2,(H,18,24)(H,26,27)(H,28,29)(H,19,20,21). The molecule has 2 atom stereocenters. The number of amides is 2. The van der Waals surface area contributed by atoms with Crippen molar-refractivity contribution in [3.8, 4) is 5.75 Å². The first kappa shape index (κ1) is 22.2. The van der Waals surface area contributed by atoms with Gasteiger partial charge in [-0.1, -0.05) is 11.8 Å². The van der Waals surface area contributed by atoms with E-state index in [1.54, 1.807) is 5.38 Å². The molecule has 2 amide bonds. The highest BCUT2D eigenvalue weighted by Gasteiger charge is 2.54. The summed E-state index contributed by atoms with van der Waals surface area (Å²) in [5, 5.41) is 41.8. The maximum absolute atomic E-state index is 12.7. The molecular formula is C17H15N5O7S3. The lowest BCUT2D eigenvalue weighted by atomic mass is 10.0. The Kier molecular flexibility index (Phi) is 6.12. The first-order valence-electron chi connectivity index (χ1n) is 8.99. The maximum Gasteiger partial charge on any atom is 0.359 e. The van der Waals surface area contributed by atoms with Crippen molar-refractivity contribution in [1.29, 1.82) is 0 Å². The Morgan fingerprint density at radius 2 is 2.06 bits per heavy atom. The van der Waals surface area contributed by atoms with E-state index >= 15 is 0 Å². The fourth-order valence-electron chi connectivity index (χ4n) is 3.25. The van der Waals surface area contributed by atoms with Crippen molar-refractivity contribution in [2.24, 2.45) is 0 Å². The Hall–Kier alpha value is -3.04. The number of thioether (sulfide) groups is 2. The number of thiophene rings is 1. The molecule has 0 aromatic carbocycles. The van der Waals surface area contributed by atoms with Crippen LogP contribution in [0.3, 0.4) is 0 Å². The molecule has 2 aromatic heterocycles. The molecule has 4 heterocycles. The van der Waals surface area contributed by atoms with Crippen LogP contribution in [0.1, 0.15) is 15.4 Å². The highest BCUT2D eigenvalue weighted by molar-refractivity contribution is 8.01. The number of carboxylic acid groups (broad SMARTS) is 2. The molecule has 32 heavy (non-hydrogen) atoms. The van der Waals surface area contributed by atoms with Crippen molar-refractivity contribution in [2.75, 3.05) is 11.5 Å². The molecule has 0 radical (unpaired) electrons. The van der Waals surface area contributed by atoms with Gasteiger partial charge in [-0.15, -0.1) is 33.3 Å². The minimum Gasteiger partial charge on any atom is -0.507 e. The molecule has 1 fully saturated rings. The van der Waals surface area contributed by atoms with Crippen LogP contribution >= 0.6 is 34.9 Å². The van der Waals surface area contributed by atoms with Gasteiger partial charge in [-0.3, -0.25) is 14.5 Å². The van der Waals surface area contributed by atoms with Gasteiger partial charge in [0.1, 0.15) is 22.9 Å². The number of β-lactam (4-membered cyclic amide) rings is 1. The molecule has 2 aromatic rings. The summed E-state index contributed by atoms with van der Waals surface area (Å²) in [6.45, 7) is 0. The average molecular weight is 498 g/mol. The predicted molar refractivity (Wildman–Crippen MR) is 113 cm³/mol. The van der Waals surface area contributed by atoms with E-state index in [4.69, 9.17) is 5.11 Å². The molecule has 168 valence electrons. The second-order valence-electron chi connectivity index (χ2n) is 6.69. The first-order chi connectivity index (χ1) is 15.3. The summed E-state index contributed by atoms with van der Waals surface area (Å²) in [4.78, 5) is 49.6. The van der Waals surface area contributed by atoms with Gasteiger partial charge in [0.2, 0.25) is 11.6 Å². The van der Waals surface area contributed by atoms with Crippen LogP contribution in [0, 0.1) is 0 Å². The van der Waals surface area contributed by atoms with E-state index in [0.717, 1.165) is 16.7 Å². The summed E-state index contributed by atoms with van der Waals surface area (Å²) < 4.78 is 0. The van der Waals surface area contributed by atoms with E-state index in [1.165, 1.54) is 29.2 Å². The van der Waals surface area contributed by atoms with Gasteiger partial charge in [-0.2, -0.15) is 5.21 Å². The number of aromatic nitrogens is 3. The van der Waals surface area contributed by atoms with Crippen LogP contribution in [0.2, 0.25) is 0 Å². The normalized spacial score (nSPS) is 20.0. The van der Waals surface area contributed by atoms with Gasteiger partial charge in [0, 0.05) is 11.5 Å². The average Bonchev–Trinajstić information content (AvgIpc) is 3.38. The summed E-state index contributed by atoms with van der Waals surface area (Å²) >= 11 is 3.52. The van der Waals surface area contributed by atoms with Crippen LogP contribution in [0.4, 0.5) is 0 Å². The number of nitrogens with one attached hydrogen (secondary N) is 2. The number of aromatic hydroxyl groups is 1. The van der Waals surface area contributed by atoms with Gasteiger partial charge in [0.25, 0.3) is 5.91 Å². The third-order valence-electron chi connectivity index (χ3n) is 4.71. The van der Waals surface area contributed by atoms with Gasteiger partial charge in [-0.05, 0) is 17.0 Å². The number of nitrogens with zero attached hydrogens (tertiary/aromatic N) is 3. The summed E-state index contributed by atoms with van der Waals surface area (Å²) in [5.74, 6) is -3.15. The molecule has 12 nitrogen and oxygen atoms in total. The molecule has 2 aliphatic rings. The van der Waals surface area contributed by atoms with E-state index in [2.05, 4.69) is 20.7 Å². The number of carboxylic acids is 2. The lowest BCUT2D eigenvalue weighted by Gasteiger charge is -2.49. The number of H-pyrrole nitrogens is 1. The van der Waals surface area contributed by atoms with Gasteiger partial charge in [-0.25, -0.2) is 9.59 Å². The third kappa shape index (κ3) is 4.05. The van der Waals surface area contributed by atoms with Crippen molar-refractivity contribution < 1.29 is 34.5 Å². The zero-order valence-electron chi connectivity index (χ0n) is 16.0. The Labute approximate surface area is 192 Å². The van der Waals surface area contributed by atoms with Crippen molar-refractivity contribution in [1.82, 2.24) is 25.6 Å². The van der Waals surface area contributed by atoms with Crippen LogP contribution in [0.15, 0.2) is 27.7 Å². The number of hydrogen-bond acceptors (Lipinski definition) is 10. The maximum atomic E-state index is 12.7. The molecular weight excluding hydrogens is 482 g/mol. The number of carbonyl (C=O) groups excluding carboxylic acids is 2. The fourth-order valence-corrected chi connectivity index (χ4v) is 6.41. The lowest BCUT2D eigenvalue weighted by Crippen LogP contribution is -2.70. The monoisotopic (exact) mass is 497 g/mol. The number of aromatic amines is 1. The highest BCUT2D eigenvalue weighted by atomic mass is 32.2. The van der Waals surface area contributed by atoms with Crippen molar-refractivity contribution in [3.05, 3.63) is 33.3 Å². The molecule has 2 unspecified atom stereocenters. The third-order valence-corrected chi connectivity index (χ3v) is 8.01. The van der Waals surface area contributed by atoms with Crippen LogP contribution < -0.4 is 5.32 Å². The topological polar surface area (TPSA) is 186 Å². The predicted octanol–water partition coefficient (Wildman–Crippen LogP) is 0.343. The molecule has 15 heteroatoms. The summed E-state index contributed by atoms with van der Waals surface area (Å²) in [6, 6.07) is 0.606. The Balaban J connectivity index is 1.45. The van der Waals surface area contributed by atoms with Gasteiger partial charge < -0.3 is 20.6 Å². The Morgan fingerprint density at radius 3 is 2.72 bits per heavy atom. The summed E-state index contributed by atoms with van der Waals surface area (Å²) in [7, 11) is 0. The highest BCUT2D eigenvalue weighted by Crippen LogP contribution is 2.41. The fraction of sp³-hybridized carbons (Fsp3) is 0.294. The van der Waals surface area contributed by atoms with E-state index in [9.17, 15) is 29.4 Å². The zero-order chi connectivity index (χ0) is 23.0. The second kappa shape index (κ2) is 8.84. The number of rotatable bonds is 8. The molecule has 0 spiro atoms. The van der Waals surface area contributed by atoms with Crippen LogP contribution in [0.25, 0.3) is 0 Å². The Bertz CT molecular complexity index is 1140. The van der Waals surface area contributed by atoms with E-state index in [-0.39, 0.29) is 40.1 Å². The number of aliphatic carboxylic acids is 1. The van der Waals surface area contributed by atoms with Crippen molar-refractivity contribution in [3.63, 3.8) is 0 Å². The molecule has 0 aliphatic carbocycles. The quantitative estimate of drug-likeness (QED) is 0.250. The number of hydrogen-bond donors (Lipinski definition) is 5. The van der Waals surface area contributed by atoms with Crippen LogP contribution in [0.5, 0.6) is 5.75 Å². The van der Waals surface area contributed by atoms with Gasteiger partial charge >= 0.3 is 11.9 Å². The minimum atomic E-state index is -1.29. The van der Waals surface area contributed by atoms with E-state index in [1.807, 2.05) is 0 Å². The van der Waals surface area contributed by atoms with Crippen LogP contribution in [-0.4, -0.2) is 82.3 Å². The van der Waals surface area contributed by atoms with E-state index in [0.29, 0.717) is 10.5 Å². The molecule has 1 saturated heterocycles. The number of fused-ring (bicyclic) bond motifs is 1. The van der Waals surface area contributed by atoms with Crippen molar-refractivity contribution >= 4 is 58.6 Å². The second-order valence-corrected chi connectivity index (χ2v) is 9.76. The lowest BCUT2D eigenvalue weighted by molar-refractivity contribution is -0.150. The number of carbonyl (C=O) groups is 4. The largest absolute Gasteiger partial charge is 0.507 e.